The van der Waals surface area contributed by atoms with E-state index < -0.39 is 15.3 Å². The van der Waals surface area contributed by atoms with E-state index in [4.69, 9.17) is 9.88 Å². The van der Waals surface area contributed by atoms with Crippen LogP contribution in [0.15, 0.2) is 12.7 Å². The molecule has 78 valence electrons. The number of sulfonamides is 1. The molecule has 1 atom stereocenters. The predicted octanol–water partition coefficient (Wildman–Crippen LogP) is 0.646. The van der Waals surface area contributed by atoms with E-state index in [1.807, 2.05) is 0 Å². The van der Waals surface area contributed by atoms with Crippen LogP contribution in [0, 0.1) is 0 Å². The molecule has 0 aromatic heterocycles. The van der Waals surface area contributed by atoms with Crippen molar-refractivity contribution in [1.82, 2.24) is 0 Å². The maximum absolute atomic E-state index is 11.0. The smallest absolute Gasteiger partial charge is 0.212 e. The number of primary sulfonamides is 1. The van der Waals surface area contributed by atoms with Crippen molar-refractivity contribution in [2.24, 2.45) is 5.14 Å². The normalized spacial score (nSPS) is 14.0. The Balaban J connectivity index is 4.11. The number of rotatable bonds is 7. The van der Waals surface area contributed by atoms with Gasteiger partial charge in [-0.05, 0) is 19.3 Å². The van der Waals surface area contributed by atoms with E-state index in [9.17, 15) is 8.42 Å². The molecule has 2 N–H and O–H groups in total. The predicted molar refractivity (Wildman–Crippen MR) is 52.8 cm³/mol. The van der Waals surface area contributed by atoms with Gasteiger partial charge in [-0.2, -0.15) is 0 Å². The SMILES string of the molecule is C=CCCC(CCOC)S(N)(=O)=O. The van der Waals surface area contributed by atoms with Crippen molar-refractivity contribution in [3.05, 3.63) is 12.7 Å². The summed E-state index contributed by atoms with van der Waals surface area (Å²) in [6.07, 6.45) is 3.31. The van der Waals surface area contributed by atoms with Crippen molar-refractivity contribution in [3.8, 4) is 0 Å². The molecule has 0 amide bonds. The highest BCUT2D eigenvalue weighted by Crippen LogP contribution is 2.10. The number of hydrogen-bond donors (Lipinski definition) is 1. The van der Waals surface area contributed by atoms with Gasteiger partial charge in [0.2, 0.25) is 10.0 Å². The van der Waals surface area contributed by atoms with E-state index in [1.165, 1.54) is 7.11 Å². The quantitative estimate of drug-likeness (QED) is 0.623. The highest BCUT2D eigenvalue weighted by atomic mass is 32.2. The van der Waals surface area contributed by atoms with Gasteiger partial charge in [0.05, 0.1) is 5.25 Å². The highest BCUT2D eigenvalue weighted by Gasteiger charge is 2.19. The van der Waals surface area contributed by atoms with E-state index >= 15 is 0 Å². The van der Waals surface area contributed by atoms with Crippen LogP contribution in [0.25, 0.3) is 0 Å². The zero-order valence-electron chi connectivity index (χ0n) is 7.90. The number of methoxy groups -OCH3 is 1. The van der Waals surface area contributed by atoms with Gasteiger partial charge in [-0.15, -0.1) is 6.58 Å². The van der Waals surface area contributed by atoms with Gasteiger partial charge in [0, 0.05) is 13.7 Å². The topological polar surface area (TPSA) is 69.4 Å². The number of hydrogen-bond acceptors (Lipinski definition) is 3. The Kier molecular flexibility index (Phi) is 5.94. The molecule has 0 spiro atoms. The average molecular weight is 207 g/mol. The van der Waals surface area contributed by atoms with Crippen molar-refractivity contribution in [1.29, 1.82) is 0 Å². The Bertz CT molecular complexity index is 236. The fourth-order valence-corrected chi connectivity index (χ4v) is 1.92. The lowest BCUT2D eigenvalue weighted by molar-refractivity contribution is 0.192. The van der Waals surface area contributed by atoms with Crippen LogP contribution >= 0.6 is 0 Å². The molecular weight excluding hydrogens is 190 g/mol. The summed E-state index contributed by atoms with van der Waals surface area (Å²) in [5.41, 5.74) is 0. The zero-order valence-corrected chi connectivity index (χ0v) is 8.72. The minimum absolute atomic E-state index is 0.415. The van der Waals surface area contributed by atoms with Crippen molar-refractivity contribution >= 4 is 10.0 Å². The van der Waals surface area contributed by atoms with Crippen LogP contribution in [0.2, 0.25) is 0 Å². The number of nitrogens with two attached hydrogens (primary N) is 1. The third-order valence-electron chi connectivity index (χ3n) is 1.80. The first kappa shape index (κ1) is 12.6. The van der Waals surface area contributed by atoms with Gasteiger partial charge in [-0.3, -0.25) is 0 Å². The molecule has 0 saturated carbocycles. The van der Waals surface area contributed by atoms with Gasteiger partial charge in [-0.1, -0.05) is 6.08 Å². The first-order chi connectivity index (χ1) is 6.02. The third kappa shape index (κ3) is 5.79. The van der Waals surface area contributed by atoms with E-state index in [2.05, 4.69) is 6.58 Å². The number of allylic oxidation sites excluding steroid dienone is 1. The lowest BCUT2D eigenvalue weighted by Crippen LogP contribution is -2.29. The Hall–Kier alpha value is -0.390. The van der Waals surface area contributed by atoms with E-state index in [0.717, 1.165) is 0 Å². The molecule has 13 heavy (non-hydrogen) atoms. The van der Waals surface area contributed by atoms with Crippen molar-refractivity contribution < 1.29 is 13.2 Å². The minimum Gasteiger partial charge on any atom is -0.385 e. The lowest BCUT2D eigenvalue weighted by Gasteiger charge is -2.12. The van der Waals surface area contributed by atoms with Gasteiger partial charge in [0.25, 0.3) is 0 Å². The van der Waals surface area contributed by atoms with Crippen LogP contribution in [0.3, 0.4) is 0 Å². The van der Waals surface area contributed by atoms with Crippen molar-refractivity contribution in [2.45, 2.75) is 24.5 Å². The molecule has 5 heteroatoms. The van der Waals surface area contributed by atoms with Gasteiger partial charge >= 0.3 is 0 Å². The molecule has 0 rings (SSSR count). The zero-order chi connectivity index (χ0) is 10.3. The summed E-state index contributed by atoms with van der Waals surface area (Å²) < 4.78 is 26.9. The molecule has 0 heterocycles. The molecule has 0 aliphatic carbocycles. The second kappa shape index (κ2) is 6.12. The standard InChI is InChI=1S/C8H17NO3S/c1-3-4-5-8(6-7-12-2)13(9,10)11/h3,8H,1,4-7H2,2H3,(H2,9,10,11). The molecule has 0 aromatic rings. The second-order valence-electron chi connectivity index (χ2n) is 2.86. The number of ether oxygens (including phenoxy) is 1. The molecule has 0 bridgehead atoms. The van der Waals surface area contributed by atoms with Crippen LogP contribution in [0.4, 0.5) is 0 Å². The van der Waals surface area contributed by atoms with E-state index in [1.54, 1.807) is 6.08 Å². The average Bonchev–Trinajstić information content (AvgIpc) is 2.02. The fraction of sp³-hybridized carbons (Fsp3) is 0.750. The first-order valence-electron chi connectivity index (χ1n) is 4.13. The summed E-state index contributed by atoms with van der Waals surface area (Å²) >= 11 is 0. The Morgan fingerprint density at radius 1 is 1.54 bits per heavy atom. The summed E-state index contributed by atoms with van der Waals surface area (Å²) in [5, 5.41) is 4.53. The lowest BCUT2D eigenvalue weighted by atomic mass is 10.2. The molecule has 0 saturated heterocycles. The molecule has 0 fully saturated rings. The van der Waals surface area contributed by atoms with Crippen LogP contribution in [0.5, 0.6) is 0 Å². The van der Waals surface area contributed by atoms with Crippen LogP contribution < -0.4 is 5.14 Å². The summed E-state index contributed by atoms with van der Waals surface area (Å²) in [5.74, 6) is 0. The summed E-state index contributed by atoms with van der Waals surface area (Å²) in [6.45, 7) is 3.94. The van der Waals surface area contributed by atoms with E-state index in [-0.39, 0.29) is 0 Å². The summed E-state index contributed by atoms with van der Waals surface area (Å²) in [7, 11) is -1.90. The van der Waals surface area contributed by atoms with Gasteiger partial charge < -0.3 is 4.74 Å². The fourth-order valence-electron chi connectivity index (χ4n) is 1.03. The minimum atomic E-state index is -3.44. The Labute approximate surface area is 79.8 Å². The first-order valence-corrected chi connectivity index (χ1v) is 5.74. The Morgan fingerprint density at radius 3 is 2.54 bits per heavy atom. The molecule has 0 aliphatic heterocycles. The highest BCUT2D eigenvalue weighted by molar-refractivity contribution is 7.89. The second-order valence-corrected chi connectivity index (χ2v) is 4.70. The molecule has 0 radical (unpaired) electrons. The van der Waals surface area contributed by atoms with Gasteiger partial charge in [0.15, 0.2) is 0 Å². The van der Waals surface area contributed by atoms with Gasteiger partial charge in [-0.25, -0.2) is 13.6 Å². The molecule has 0 aliphatic rings. The maximum atomic E-state index is 11.0. The van der Waals surface area contributed by atoms with Crippen LogP contribution in [-0.2, 0) is 14.8 Å². The monoisotopic (exact) mass is 207 g/mol. The van der Waals surface area contributed by atoms with Crippen LogP contribution in [0.1, 0.15) is 19.3 Å². The summed E-state index contributed by atoms with van der Waals surface area (Å²) in [6, 6.07) is 0. The van der Waals surface area contributed by atoms with E-state index in [0.29, 0.717) is 25.9 Å². The Morgan fingerprint density at radius 2 is 2.15 bits per heavy atom. The van der Waals surface area contributed by atoms with Crippen molar-refractivity contribution in [2.75, 3.05) is 13.7 Å². The molecule has 1 unspecified atom stereocenters. The van der Waals surface area contributed by atoms with Gasteiger partial charge in [0.1, 0.15) is 0 Å². The third-order valence-corrected chi connectivity index (χ3v) is 3.20. The molecule has 0 aromatic carbocycles. The van der Waals surface area contributed by atoms with Crippen molar-refractivity contribution in [3.63, 3.8) is 0 Å². The maximum Gasteiger partial charge on any atom is 0.212 e. The largest absolute Gasteiger partial charge is 0.385 e. The molecular formula is C8H17NO3S. The molecule has 4 nitrogen and oxygen atoms in total. The van der Waals surface area contributed by atoms with Crippen LogP contribution in [-0.4, -0.2) is 27.4 Å². The summed E-state index contributed by atoms with van der Waals surface area (Å²) in [4.78, 5) is 0.